The van der Waals surface area contributed by atoms with Crippen LogP contribution < -0.4 is 14.6 Å². The lowest BCUT2D eigenvalue weighted by molar-refractivity contribution is -0.508. The van der Waals surface area contributed by atoms with Crippen molar-refractivity contribution in [2.24, 2.45) is 0 Å². The Hall–Kier alpha value is -2.29. The third-order valence-electron chi connectivity index (χ3n) is 3.39. The first-order valence-electron chi connectivity index (χ1n) is 6.08. The van der Waals surface area contributed by atoms with Crippen molar-refractivity contribution in [1.82, 2.24) is 0 Å². The zero-order chi connectivity index (χ0) is 11.9. The predicted octanol–water partition coefficient (Wildman–Crippen LogP) is 1.76. The molecule has 4 rings (SSSR count). The molecule has 18 heavy (non-hydrogen) atoms. The van der Waals surface area contributed by atoms with Crippen LogP contribution in [0.1, 0.15) is 0 Å². The monoisotopic (exact) mass is 232 g/mol. The summed E-state index contributed by atoms with van der Waals surface area (Å²) >= 11 is 0. The highest BCUT2D eigenvalue weighted by Crippen LogP contribution is 2.26. The van der Waals surface area contributed by atoms with E-state index in [0.29, 0.717) is 0 Å². The molecule has 3 heteroatoms. The molecule has 2 nitrogen and oxygen atoms in total. The van der Waals surface area contributed by atoms with E-state index in [1.54, 1.807) is 0 Å². The molecule has 1 aliphatic rings. The van der Waals surface area contributed by atoms with Crippen LogP contribution in [0.4, 0.5) is 0 Å². The third kappa shape index (κ3) is 1.27. The predicted molar refractivity (Wildman–Crippen MR) is 72.0 cm³/mol. The van der Waals surface area contributed by atoms with Crippen LogP contribution in [0.2, 0.25) is 0 Å². The minimum absolute atomic E-state index is 0.0488. The zero-order valence-corrected chi connectivity index (χ0v) is 9.78. The molecule has 84 valence electrons. The van der Waals surface area contributed by atoms with Crippen molar-refractivity contribution in [3.05, 3.63) is 66.9 Å². The van der Waals surface area contributed by atoms with Gasteiger partial charge in [0.05, 0.1) is 0 Å². The smallest absolute Gasteiger partial charge is 0.491 e. The second kappa shape index (κ2) is 3.60. The summed E-state index contributed by atoms with van der Waals surface area (Å²) in [6.07, 6.45) is 2.08. The number of aromatic nitrogens is 1. The van der Waals surface area contributed by atoms with E-state index in [9.17, 15) is 0 Å². The van der Waals surface area contributed by atoms with Gasteiger partial charge in [-0.3, -0.25) is 0 Å². The number of hydrogen-bond donors (Lipinski definition) is 0. The van der Waals surface area contributed by atoms with E-state index < -0.39 is 0 Å². The molecule has 0 saturated heterocycles. The average Bonchev–Trinajstić information content (AvgIpc) is 2.82. The van der Waals surface area contributed by atoms with Crippen LogP contribution in [0.3, 0.4) is 0 Å². The van der Waals surface area contributed by atoms with Crippen molar-refractivity contribution in [3.8, 4) is 5.75 Å². The highest BCUT2D eigenvalue weighted by molar-refractivity contribution is 6.61. The van der Waals surface area contributed by atoms with Gasteiger partial charge in [0.1, 0.15) is 6.20 Å². The standard InChI is InChI=1S/C15H11BNO/c1-2-8-13(9-3-1)16-17-11-5-7-12-6-4-10-14(18-16)15(12)17/h1-11H/q+1. The van der Waals surface area contributed by atoms with Gasteiger partial charge in [-0.15, -0.1) is 0 Å². The maximum absolute atomic E-state index is 6.07. The molecule has 0 aliphatic carbocycles. The molecule has 2 aromatic carbocycles. The van der Waals surface area contributed by atoms with E-state index >= 15 is 0 Å². The second-order valence-corrected chi connectivity index (χ2v) is 4.49. The van der Waals surface area contributed by atoms with Gasteiger partial charge in [-0.2, -0.15) is 0 Å². The number of pyridine rings is 1. The molecule has 3 aromatic rings. The van der Waals surface area contributed by atoms with Gasteiger partial charge in [0.15, 0.2) is 5.75 Å². The molecule has 0 saturated carbocycles. The van der Waals surface area contributed by atoms with Gasteiger partial charge in [-0.1, -0.05) is 36.4 Å². The number of benzene rings is 2. The summed E-state index contributed by atoms with van der Waals surface area (Å²) in [5, 5.41) is 1.22. The average molecular weight is 232 g/mol. The molecule has 0 spiro atoms. The highest BCUT2D eigenvalue weighted by Gasteiger charge is 2.44. The molecule has 1 aliphatic heterocycles. The summed E-state index contributed by atoms with van der Waals surface area (Å²) in [6, 6.07) is 20.7. The minimum atomic E-state index is -0.0488. The Morgan fingerprint density at radius 3 is 2.56 bits per heavy atom. The second-order valence-electron chi connectivity index (χ2n) is 4.49. The van der Waals surface area contributed by atoms with E-state index in [1.165, 1.54) is 16.4 Å². The fourth-order valence-corrected chi connectivity index (χ4v) is 2.58. The van der Waals surface area contributed by atoms with Crippen LogP contribution >= 0.6 is 0 Å². The van der Waals surface area contributed by atoms with Gasteiger partial charge < -0.3 is 4.65 Å². The lowest BCUT2D eigenvalue weighted by Crippen LogP contribution is -2.59. The van der Waals surface area contributed by atoms with Crippen LogP contribution in [0.5, 0.6) is 5.75 Å². The fraction of sp³-hybridized carbons (Fsp3) is 0. The molecule has 0 atom stereocenters. The molecule has 0 amide bonds. The van der Waals surface area contributed by atoms with Gasteiger partial charge in [0.2, 0.25) is 5.52 Å². The number of rotatable bonds is 1. The van der Waals surface area contributed by atoms with Gasteiger partial charge in [0.25, 0.3) is 0 Å². The SMILES string of the molecule is c1ccc(B2Oc3cccc4ccc[n+]2c34)cc1. The number of nitrogens with zero attached hydrogens (tertiary/aromatic N) is 1. The maximum atomic E-state index is 6.07. The van der Waals surface area contributed by atoms with E-state index in [2.05, 4.69) is 41.0 Å². The molecule has 0 radical (unpaired) electrons. The van der Waals surface area contributed by atoms with Gasteiger partial charge >= 0.3 is 7.05 Å². The van der Waals surface area contributed by atoms with Crippen molar-refractivity contribution in [3.63, 3.8) is 0 Å². The molecular weight excluding hydrogens is 221 g/mol. The van der Waals surface area contributed by atoms with Gasteiger partial charge in [-0.25, -0.2) is 4.48 Å². The first kappa shape index (κ1) is 9.72. The van der Waals surface area contributed by atoms with Crippen molar-refractivity contribution in [2.75, 3.05) is 0 Å². The molecule has 1 aromatic heterocycles. The molecule has 0 bridgehead atoms. The van der Waals surface area contributed by atoms with Crippen LogP contribution in [0, 0.1) is 0 Å². The Bertz CT molecular complexity index is 722. The van der Waals surface area contributed by atoms with Crippen LogP contribution in [0.25, 0.3) is 10.9 Å². The molecule has 0 fully saturated rings. The summed E-state index contributed by atoms with van der Waals surface area (Å²) in [5.74, 6) is 0.960. The Balaban J connectivity index is 1.97. The molecule has 0 N–H and O–H groups in total. The zero-order valence-electron chi connectivity index (χ0n) is 9.78. The Morgan fingerprint density at radius 1 is 0.833 bits per heavy atom. The fourth-order valence-electron chi connectivity index (χ4n) is 2.58. The maximum Gasteiger partial charge on any atom is 0.764 e. The highest BCUT2D eigenvalue weighted by atomic mass is 16.5. The Kier molecular flexibility index (Phi) is 1.94. The minimum Gasteiger partial charge on any atom is -0.491 e. The Labute approximate surface area is 106 Å². The number of hydrogen-bond acceptors (Lipinski definition) is 1. The van der Waals surface area contributed by atoms with Crippen molar-refractivity contribution in [2.45, 2.75) is 0 Å². The topological polar surface area (TPSA) is 13.1 Å². The molecule has 0 unspecified atom stereocenters. The summed E-state index contributed by atoms with van der Waals surface area (Å²) in [7, 11) is -0.0488. The summed E-state index contributed by atoms with van der Waals surface area (Å²) in [5.41, 5.74) is 2.35. The van der Waals surface area contributed by atoms with Crippen LogP contribution in [-0.2, 0) is 0 Å². The third-order valence-corrected chi connectivity index (χ3v) is 3.39. The van der Waals surface area contributed by atoms with Crippen molar-refractivity contribution >= 4 is 23.4 Å². The van der Waals surface area contributed by atoms with Crippen LogP contribution in [-0.4, -0.2) is 7.05 Å². The summed E-state index contributed by atoms with van der Waals surface area (Å²) < 4.78 is 8.27. The first-order valence-corrected chi connectivity index (χ1v) is 6.08. The van der Waals surface area contributed by atoms with Gasteiger partial charge in [-0.05, 0) is 18.2 Å². The quantitative estimate of drug-likeness (QED) is 0.582. The summed E-state index contributed by atoms with van der Waals surface area (Å²) in [6.45, 7) is 0. The lowest BCUT2D eigenvalue weighted by atomic mass is 9.73. The van der Waals surface area contributed by atoms with E-state index in [4.69, 9.17) is 4.65 Å². The van der Waals surface area contributed by atoms with Crippen molar-refractivity contribution < 1.29 is 9.13 Å². The van der Waals surface area contributed by atoms with E-state index in [1.807, 2.05) is 30.3 Å². The number of para-hydroxylation sites is 1. The Morgan fingerprint density at radius 2 is 1.67 bits per heavy atom. The normalized spacial score (nSPS) is 12.8. The van der Waals surface area contributed by atoms with E-state index in [0.717, 1.165) is 5.75 Å². The van der Waals surface area contributed by atoms with Gasteiger partial charge in [0, 0.05) is 16.9 Å². The van der Waals surface area contributed by atoms with Crippen LogP contribution in [0.15, 0.2) is 66.9 Å². The largest absolute Gasteiger partial charge is 0.764 e. The van der Waals surface area contributed by atoms with Crippen molar-refractivity contribution in [1.29, 1.82) is 0 Å². The molecular formula is C15H11BNO+. The summed E-state index contributed by atoms with van der Waals surface area (Å²) in [4.78, 5) is 0. The van der Waals surface area contributed by atoms with E-state index in [-0.39, 0.29) is 7.05 Å². The molecule has 2 heterocycles. The lowest BCUT2D eigenvalue weighted by Gasteiger charge is -1.99. The first-order chi connectivity index (χ1) is 8.93.